The summed E-state index contributed by atoms with van der Waals surface area (Å²) in [6, 6.07) is 14.7. The molecule has 21 heavy (non-hydrogen) atoms. The van der Waals surface area contributed by atoms with Crippen LogP contribution in [0, 0.1) is 0 Å². The van der Waals surface area contributed by atoms with Crippen LogP contribution in [-0.4, -0.2) is 13.2 Å². The van der Waals surface area contributed by atoms with Crippen LogP contribution in [-0.2, 0) is 12.8 Å². The molecule has 2 nitrogen and oxygen atoms in total. The molecule has 0 fully saturated rings. The molecule has 3 rings (SSSR count). The SMILES string of the molecule is CC(Cl)c1ccccc1NCCc1ccc2c(c1)CCO2. The first-order valence-corrected chi connectivity index (χ1v) is 7.89. The molecule has 110 valence electrons. The van der Waals surface area contributed by atoms with Crippen LogP contribution in [0.2, 0.25) is 0 Å². The number of rotatable bonds is 5. The van der Waals surface area contributed by atoms with Crippen molar-refractivity contribution in [1.29, 1.82) is 0 Å². The Labute approximate surface area is 131 Å². The minimum atomic E-state index is 0.0193. The summed E-state index contributed by atoms with van der Waals surface area (Å²) >= 11 is 6.21. The quantitative estimate of drug-likeness (QED) is 0.816. The molecule has 1 aliphatic heterocycles. The van der Waals surface area contributed by atoms with Crippen molar-refractivity contribution >= 4 is 17.3 Å². The van der Waals surface area contributed by atoms with Crippen LogP contribution in [0.3, 0.4) is 0 Å². The lowest BCUT2D eigenvalue weighted by atomic mass is 10.1. The van der Waals surface area contributed by atoms with Gasteiger partial charge in [0.1, 0.15) is 5.75 Å². The van der Waals surface area contributed by atoms with E-state index in [1.807, 2.05) is 19.1 Å². The second-order valence-corrected chi connectivity index (χ2v) is 6.08. The zero-order chi connectivity index (χ0) is 14.7. The van der Waals surface area contributed by atoms with Crippen molar-refractivity contribution in [2.24, 2.45) is 0 Å². The summed E-state index contributed by atoms with van der Waals surface area (Å²) in [5.74, 6) is 1.05. The molecule has 0 bridgehead atoms. The van der Waals surface area contributed by atoms with E-state index in [0.29, 0.717) is 0 Å². The van der Waals surface area contributed by atoms with Gasteiger partial charge in [0.2, 0.25) is 0 Å². The number of benzene rings is 2. The van der Waals surface area contributed by atoms with Gasteiger partial charge in [-0.3, -0.25) is 0 Å². The van der Waals surface area contributed by atoms with Gasteiger partial charge in [0.25, 0.3) is 0 Å². The van der Waals surface area contributed by atoms with E-state index in [1.54, 1.807) is 0 Å². The van der Waals surface area contributed by atoms with Gasteiger partial charge in [0, 0.05) is 18.7 Å². The monoisotopic (exact) mass is 301 g/mol. The van der Waals surface area contributed by atoms with Crippen LogP contribution in [0.1, 0.15) is 29.0 Å². The Kier molecular flexibility index (Phi) is 4.35. The van der Waals surface area contributed by atoms with Crippen LogP contribution in [0.5, 0.6) is 5.75 Å². The van der Waals surface area contributed by atoms with Crippen molar-refractivity contribution in [2.75, 3.05) is 18.5 Å². The molecule has 0 saturated heterocycles. The Morgan fingerprint density at radius 2 is 2.10 bits per heavy atom. The number of halogens is 1. The maximum atomic E-state index is 6.21. The summed E-state index contributed by atoms with van der Waals surface area (Å²) in [6.45, 7) is 3.72. The van der Waals surface area contributed by atoms with Crippen LogP contribution >= 0.6 is 11.6 Å². The highest BCUT2D eigenvalue weighted by Gasteiger charge is 2.12. The summed E-state index contributed by atoms with van der Waals surface area (Å²) in [7, 11) is 0. The lowest BCUT2D eigenvalue weighted by Gasteiger charge is -2.13. The number of alkyl halides is 1. The Balaban J connectivity index is 1.61. The van der Waals surface area contributed by atoms with Gasteiger partial charge < -0.3 is 10.1 Å². The number of anilines is 1. The molecule has 0 radical (unpaired) electrons. The minimum Gasteiger partial charge on any atom is -0.493 e. The highest BCUT2D eigenvalue weighted by atomic mass is 35.5. The highest BCUT2D eigenvalue weighted by Crippen LogP contribution is 2.28. The van der Waals surface area contributed by atoms with E-state index in [0.717, 1.165) is 43.0 Å². The van der Waals surface area contributed by atoms with Gasteiger partial charge in [-0.1, -0.05) is 30.3 Å². The third-order valence-corrected chi connectivity index (χ3v) is 4.11. The van der Waals surface area contributed by atoms with E-state index in [4.69, 9.17) is 16.3 Å². The first kappa shape index (κ1) is 14.3. The maximum Gasteiger partial charge on any atom is 0.122 e. The number of hydrogen-bond donors (Lipinski definition) is 1. The molecule has 0 aliphatic carbocycles. The average Bonchev–Trinajstić information content (AvgIpc) is 2.95. The van der Waals surface area contributed by atoms with Crippen LogP contribution in [0.15, 0.2) is 42.5 Å². The number of para-hydroxylation sites is 1. The first-order chi connectivity index (χ1) is 10.2. The Hall–Kier alpha value is -1.67. The second kappa shape index (κ2) is 6.40. The van der Waals surface area contributed by atoms with Crippen molar-refractivity contribution in [1.82, 2.24) is 0 Å². The third-order valence-electron chi connectivity index (χ3n) is 3.87. The molecule has 0 amide bonds. The Morgan fingerprint density at radius 1 is 1.24 bits per heavy atom. The molecule has 1 N–H and O–H groups in total. The predicted molar refractivity (Wildman–Crippen MR) is 88.5 cm³/mol. The van der Waals surface area contributed by atoms with Gasteiger partial charge in [-0.05, 0) is 42.2 Å². The molecule has 0 spiro atoms. The molecule has 1 unspecified atom stereocenters. The smallest absolute Gasteiger partial charge is 0.122 e. The van der Waals surface area contributed by atoms with Gasteiger partial charge in [-0.15, -0.1) is 11.6 Å². The van der Waals surface area contributed by atoms with Crippen LogP contribution < -0.4 is 10.1 Å². The van der Waals surface area contributed by atoms with E-state index in [9.17, 15) is 0 Å². The maximum absolute atomic E-state index is 6.21. The molecule has 2 aromatic carbocycles. The standard InChI is InChI=1S/C18H20ClNO/c1-13(19)16-4-2-3-5-17(16)20-10-8-14-6-7-18-15(12-14)9-11-21-18/h2-7,12-13,20H,8-11H2,1H3. The molecular formula is C18H20ClNO. The summed E-state index contributed by atoms with van der Waals surface area (Å²) in [5.41, 5.74) is 4.97. The van der Waals surface area contributed by atoms with Gasteiger partial charge >= 0.3 is 0 Å². The van der Waals surface area contributed by atoms with Gasteiger partial charge in [-0.2, -0.15) is 0 Å². The van der Waals surface area contributed by atoms with Gasteiger partial charge in [0.15, 0.2) is 0 Å². The van der Waals surface area contributed by atoms with Crippen molar-refractivity contribution in [3.63, 3.8) is 0 Å². The van der Waals surface area contributed by atoms with Crippen molar-refractivity contribution < 1.29 is 4.74 Å². The number of fused-ring (bicyclic) bond motifs is 1. The molecule has 1 heterocycles. The van der Waals surface area contributed by atoms with Crippen molar-refractivity contribution in [2.45, 2.75) is 25.1 Å². The average molecular weight is 302 g/mol. The van der Waals surface area contributed by atoms with E-state index < -0.39 is 0 Å². The largest absolute Gasteiger partial charge is 0.493 e. The van der Waals surface area contributed by atoms with Gasteiger partial charge in [0.05, 0.1) is 12.0 Å². The number of hydrogen-bond acceptors (Lipinski definition) is 2. The fourth-order valence-corrected chi connectivity index (χ4v) is 2.93. The fraction of sp³-hybridized carbons (Fsp3) is 0.333. The van der Waals surface area contributed by atoms with E-state index in [1.165, 1.54) is 11.1 Å². The zero-order valence-electron chi connectivity index (χ0n) is 12.2. The summed E-state index contributed by atoms with van der Waals surface area (Å²) in [5, 5.41) is 3.51. The van der Waals surface area contributed by atoms with E-state index >= 15 is 0 Å². The molecule has 0 saturated carbocycles. The normalized spacial score (nSPS) is 14.4. The van der Waals surface area contributed by atoms with Crippen molar-refractivity contribution in [3.8, 4) is 5.75 Å². The van der Waals surface area contributed by atoms with E-state index in [2.05, 4.69) is 35.6 Å². The molecular weight excluding hydrogens is 282 g/mol. The molecule has 0 aromatic heterocycles. The van der Waals surface area contributed by atoms with E-state index in [-0.39, 0.29) is 5.38 Å². The molecule has 3 heteroatoms. The highest BCUT2D eigenvalue weighted by molar-refractivity contribution is 6.21. The van der Waals surface area contributed by atoms with Crippen LogP contribution in [0.4, 0.5) is 5.69 Å². The topological polar surface area (TPSA) is 21.3 Å². The van der Waals surface area contributed by atoms with Crippen molar-refractivity contribution in [3.05, 3.63) is 59.2 Å². The summed E-state index contributed by atoms with van der Waals surface area (Å²) in [6.07, 6.45) is 2.03. The lowest BCUT2D eigenvalue weighted by molar-refractivity contribution is 0.357. The fourth-order valence-electron chi connectivity index (χ4n) is 2.74. The van der Waals surface area contributed by atoms with Crippen LogP contribution in [0.25, 0.3) is 0 Å². The Morgan fingerprint density at radius 3 is 2.95 bits per heavy atom. The third kappa shape index (κ3) is 3.33. The zero-order valence-corrected chi connectivity index (χ0v) is 13.0. The Bertz CT molecular complexity index is 624. The molecule has 1 atom stereocenters. The number of nitrogens with one attached hydrogen (secondary N) is 1. The van der Waals surface area contributed by atoms with Gasteiger partial charge in [-0.25, -0.2) is 0 Å². The lowest BCUT2D eigenvalue weighted by Crippen LogP contribution is -2.07. The summed E-state index contributed by atoms with van der Waals surface area (Å²) < 4.78 is 5.54. The molecule has 1 aliphatic rings. The number of ether oxygens (including phenoxy) is 1. The predicted octanol–water partition coefficient (Wildman–Crippen LogP) is 4.58. The second-order valence-electron chi connectivity index (χ2n) is 5.42. The summed E-state index contributed by atoms with van der Waals surface area (Å²) in [4.78, 5) is 0. The molecule has 2 aromatic rings. The minimum absolute atomic E-state index is 0.0193. The first-order valence-electron chi connectivity index (χ1n) is 7.45.